The molecule has 9 heteroatoms. The summed E-state index contributed by atoms with van der Waals surface area (Å²) >= 11 is 0. The molecule has 0 atom stereocenters. The topological polar surface area (TPSA) is 68.9 Å². The number of hydrogen-bond acceptors (Lipinski definition) is 6. The fraction of sp³-hybridized carbons (Fsp3) is 0.00719. The third kappa shape index (κ3) is 11.8. The molecule has 1 aliphatic carbocycles. The summed E-state index contributed by atoms with van der Waals surface area (Å²) in [5.74, 6) is 0. The lowest BCUT2D eigenvalue weighted by Crippen LogP contribution is -2.61. The summed E-state index contributed by atoms with van der Waals surface area (Å²) in [5.41, 5.74) is 42.4. The lowest BCUT2D eigenvalue weighted by atomic mass is 9.33. The van der Waals surface area contributed by atoms with Crippen LogP contribution in [-0.2, 0) is 5.41 Å². The molecule has 8 nitrogen and oxygen atoms in total. The highest BCUT2D eigenvalue weighted by Gasteiger charge is 2.49. The number of aromatic nitrogens is 2. The fourth-order valence-electron chi connectivity index (χ4n) is 25.9. The summed E-state index contributed by atoms with van der Waals surface area (Å²) in [6.07, 6.45) is 0. The van der Waals surface area contributed by atoms with E-state index < -0.39 is 12.1 Å². The van der Waals surface area contributed by atoms with Crippen molar-refractivity contribution in [3.05, 3.63) is 526 Å². The molecule has 32 rings (SSSR count). The molecule has 2 aliphatic heterocycles. The largest absolute Gasteiger partial charge is 0.455 e. The first-order valence-corrected chi connectivity index (χ1v) is 50.9. The summed E-state index contributed by atoms with van der Waals surface area (Å²) in [5, 5.41) is 12.8. The van der Waals surface area contributed by atoms with Crippen molar-refractivity contribution in [2.75, 3.05) is 9.80 Å². The maximum absolute atomic E-state index is 7.75. The summed E-state index contributed by atoms with van der Waals surface area (Å²) < 4.78 is 35.3. The summed E-state index contributed by atoms with van der Waals surface area (Å²) in [6.45, 7) is -0.468. The van der Waals surface area contributed by atoms with E-state index in [9.17, 15) is 0 Å². The first-order chi connectivity index (χ1) is 73.4. The van der Waals surface area contributed by atoms with Gasteiger partial charge < -0.3 is 36.6 Å². The summed E-state index contributed by atoms with van der Waals surface area (Å²) in [6, 6.07) is 187. The van der Waals surface area contributed by atoms with Crippen molar-refractivity contribution < 1.29 is 17.7 Å². The summed E-state index contributed by atoms with van der Waals surface area (Å²) in [7, 11) is 0. The second kappa shape index (κ2) is 31.8. The SMILES string of the molecule is c1ccc(-c2cc(-c3cccc4c3oc3ccccc34)c(N3c4cc(-c5ccc(-n6c7ccccc7c7ccccc76)cc5)ccc4B4c5ccc(-c6ccc(-n7c8ccccc8c8ccccc87)cc6)cc5N(c5c(-c6cccc7c6oc6ccccc67)cc(-c6ccccc6)c6oc7ccccc7c56)c5cc(-c6ccc7c(c6)-c6ccccc6C7(c6ccccc6)c6ccccc6)cc3c54)c3c2oc2ccccc23)cc1. The van der Waals surface area contributed by atoms with Crippen LogP contribution in [0.4, 0.5) is 34.1 Å². The Kier molecular flexibility index (Phi) is 17.6. The maximum Gasteiger partial charge on any atom is 0.252 e. The second-order valence-electron chi connectivity index (χ2n) is 39.7. The van der Waals surface area contributed by atoms with E-state index >= 15 is 0 Å². The Balaban J connectivity index is 0.746. The molecule has 148 heavy (non-hydrogen) atoms. The number of nitrogens with zero attached hydrogens (tertiary/aromatic N) is 4. The number of benzene rings is 23. The van der Waals surface area contributed by atoms with Crippen molar-refractivity contribution in [1.29, 1.82) is 0 Å². The Bertz CT molecular complexity index is 10000. The van der Waals surface area contributed by atoms with Crippen molar-refractivity contribution >= 4 is 189 Å². The normalized spacial score (nSPS) is 13.0. The minimum absolute atomic E-state index is 0.468. The van der Waals surface area contributed by atoms with Crippen molar-refractivity contribution in [2.24, 2.45) is 0 Å². The van der Waals surface area contributed by atoms with Crippen molar-refractivity contribution in [2.45, 2.75) is 5.41 Å². The average molecular weight is 1880 g/mol. The molecule has 29 aromatic rings. The average Bonchev–Trinajstić information content (AvgIpc) is 1.26. The van der Waals surface area contributed by atoms with Crippen LogP contribution < -0.4 is 26.2 Å². The molecular formula is C139H83BN4O4. The molecule has 0 bridgehead atoms. The van der Waals surface area contributed by atoms with Gasteiger partial charge in [-0.2, -0.15) is 0 Å². The number of hydrogen-bond donors (Lipinski definition) is 0. The lowest BCUT2D eigenvalue weighted by molar-refractivity contribution is 0.669. The molecule has 0 saturated heterocycles. The Labute approximate surface area is 850 Å². The Morgan fingerprint density at radius 1 is 0.189 bits per heavy atom. The van der Waals surface area contributed by atoms with Crippen LogP contribution in [0.15, 0.2) is 521 Å². The molecule has 0 amide bonds. The molecule has 0 radical (unpaired) electrons. The van der Waals surface area contributed by atoms with Crippen molar-refractivity contribution in [1.82, 2.24) is 9.13 Å². The zero-order valence-electron chi connectivity index (χ0n) is 79.9. The van der Waals surface area contributed by atoms with Gasteiger partial charge in [0.15, 0.2) is 0 Å². The van der Waals surface area contributed by atoms with Crippen LogP contribution in [0.25, 0.3) is 232 Å². The number of para-hydroxylation sites is 10. The Morgan fingerprint density at radius 2 is 0.514 bits per heavy atom. The van der Waals surface area contributed by atoms with Gasteiger partial charge in [0.25, 0.3) is 6.71 Å². The van der Waals surface area contributed by atoms with Gasteiger partial charge in [-0.15, -0.1) is 0 Å². The van der Waals surface area contributed by atoms with Gasteiger partial charge in [-0.1, -0.05) is 388 Å². The molecule has 0 unspecified atom stereocenters. The summed E-state index contributed by atoms with van der Waals surface area (Å²) in [4.78, 5) is 5.37. The number of rotatable bonds is 13. The number of anilines is 6. The van der Waals surface area contributed by atoms with Crippen LogP contribution in [0.2, 0.25) is 0 Å². The van der Waals surface area contributed by atoms with E-state index in [1.807, 2.05) is 0 Å². The molecule has 0 saturated carbocycles. The first kappa shape index (κ1) is 82.1. The van der Waals surface area contributed by atoms with E-state index in [4.69, 9.17) is 17.7 Å². The van der Waals surface area contributed by atoms with E-state index in [-0.39, 0.29) is 0 Å². The lowest BCUT2D eigenvalue weighted by Gasteiger charge is -2.45. The standard InChI is InChI=1S/C139H83BN4O4/c1-5-33-86(34-6-1)109-82-112(105-52-31-50-103-101-46-18-27-59-126(101)145-135(103)105)133(130-107-48-20-29-61-128(107)147-137(109)130)143-122-78-89(84-63-70-94(71-64-84)141-118-55-23-14-42-97(118)98-43-15-24-56-119(98)141)68-75-116(122)140-117-76-69-90(85-65-72-95(73-66-85)142-120-57-25-16-44-99(120)100-45-17-26-58-121(100)142)79-123(117)144(125-81-91(80-124(143)132(125)140)88-67-74-115-111(77-88)96-41-13-22-54-114(96)139(115,92-37-9-3-10-38-92)93-39-11-4-12-40-93)134-113(106-53-32-51-104-102-47-19-28-60-127(102)146-136(104)106)83-110(87-35-7-2-8-36-87)138-131(134)108-49-21-30-62-129(108)148-138/h1-83H. The molecule has 0 spiro atoms. The first-order valence-electron chi connectivity index (χ1n) is 50.9. The molecule has 3 aliphatic rings. The van der Waals surface area contributed by atoms with E-state index in [0.717, 1.165) is 255 Å². The van der Waals surface area contributed by atoms with Crippen LogP contribution in [-0.4, -0.2) is 15.8 Å². The van der Waals surface area contributed by atoms with E-state index in [1.165, 1.54) is 49.4 Å². The highest BCUT2D eigenvalue weighted by molar-refractivity contribution is 7.00. The van der Waals surface area contributed by atoms with E-state index in [0.29, 0.717) is 0 Å². The third-order valence-electron chi connectivity index (χ3n) is 32.2. The van der Waals surface area contributed by atoms with Gasteiger partial charge >= 0.3 is 0 Å². The maximum atomic E-state index is 7.75. The van der Waals surface area contributed by atoms with Crippen LogP contribution in [0.5, 0.6) is 0 Å². The molecule has 6 aromatic heterocycles. The fourth-order valence-corrected chi connectivity index (χ4v) is 25.9. The zero-order chi connectivity index (χ0) is 96.7. The minimum Gasteiger partial charge on any atom is -0.455 e. The second-order valence-corrected chi connectivity index (χ2v) is 39.7. The van der Waals surface area contributed by atoms with Gasteiger partial charge in [0.2, 0.25) is 0 Å². The van der Waals surface area contributed by atoms with Gasteiger partial charge in [-0.25, -0.2) is 0 Å². The van der Waals surface area contributed by atoms with Gasteiger partial charge in [-0.05, 0) is 210 Å². The highest BCUT2D eigenvalue weighted by atomic mass is 16.3. The molecular weight excluding hydrogens is 1800 g/mol. The van der Waals surface area contributed by atoms with Gasteiger partial charge in [0, 0.05) is 121 Å². The van der Waals surface area contributed by atoms with E-state index in [1.54, 1.807) is 0 Å². The van der Waals surface area contributed by atoms with Crippen LogP contribution in [0.3, 0.4) is 0 Å². The Morgan fingerprint density at radius 3 is 0.953 bits per heavy atom. The van der Waals surface area contributed by atoms with Crippen LogP contribution in [0.1, 0.15) is 22.3 Å². The Hall–Kier alpha value is -19.5. The van der Waals surface area contributed by atoms with Crippen molar-refractivity contribution in [3.8, 4) is 100 Å². The van der Waals surface area contributed by atoms with Gasteiger partial charge in [0.1, 0.15) is 44.7 Å². The smallest absolute Gasteiger partial charge is 0.252 e. The van der Waals surface area contributed by atoms with Gasteiger partial charge in [-0.3, -0.25) is 0 Å². The van der Waals surface area contributed by atoms with Crippen LogP contribution in [0, 0.1) is 0 Å². The molecule has 8 heterocycles. The molecule has 686 valence electrons. The predicted molar refractivity (Wildman–Crippen MR) is 614 cm³/mol. The molecule has 23 aromatic carbocycles. The monoisotopic (exact) mass is 1880 g/mol. The van der Waals surface area contributed by atoms with Gasteiger partial charge in [0.05, 0.1) is 49.6 Å². The zero-order valence-corrected chi connectivity index (χ0v) is 79.9. The van der Waals surface area contributed by atoms with E-state index in [2.05, 4.69) is 522 Å². The number of fused-ring (bicyclic) bond motifs is 25. The van der Waals surface area contributed by atoms with Crippen molar-refractivity contribution in [3.63, 3.8) is 0 Å². The number of furan rings is 4. The minimum atomic E-state index is -0.692. The molecule has 0 N–H and O–H groups in total. The van der Waals surface area contributed by atoms with Crippen LogP contribution >= 0.6 is 0 Å². The highest BCUT2D eigenvalue weighted by Crippen LogP contribution is 2.62. The quantitative estimate of drug-likeness (QED) is 0.107. The molecule has 0 fully saturated rings. The predicted octanol–water partition coefficient (Wildman–Crippen LogP) is 35.6. The third-order valence-corrected chi connectivity index (χ3v) is 32.2.